The third-order valence-corrected chi connectivity index (χ3v) is 6.62. The standard InChI is InChI=1S/C28H24FN3O2/c1-17-25(28(34)32-22-9-7-21(29)8-10-22)26(19-11-13-30-14-12-19)27-23(31-17)15-20(16-24(27)33)18-5-3-2-4-6-18/h2-14,20,25-26H,15-16H2,1H3,(H,32,34)/t20-,25?,26-/m1/s1. The van der Waals surface area contributed by atoms with E-state index in [2.05, 4.69) is 10.3 Å². The number of Topliss-reactive ketones (excluding diaryl/α,β-unsaturated/α-hetero) is 1. The minimum Gasteiger partial charge on any atom is -0.325 e. The van der Waals surface area contributed by atoms with Gasteiger partial charge in [0.1, 0.15) is 5.82 Å². The molecule has 170 valence electrons. The molecule has 1 amide bonds. The smallest absolute Gasteiger partial charge is 0.234 e. The molecular formula is C28H24FN3O2. The first kappa shape index (κ1) is 21.9. The van der Waals surface area contributed by atoms with Gasteiger partial charge in [-0.1, -0.05) is 30.3 Å². The van der Waals surface area contributed by atoms with Gasteiger partial charge in [-0.15, -0.1) is 0 Å². The van der Waals surface area contributed by atoms with Crippen molar-refractivity contribution in [3.05, 3.63) is 107 Å². The number of halogens is 1. The van der Waals surface area contributed by atoms with E-state index in [9.17, 15) is 14.0 Å². The maximum Gasteiger partial charge on any atom is 0.234 e. The van der Waals surface area contributed by atoms with Crippen LogP contribution in [0.5, 0.6) is 0 Å². The van der Waals surface area contributed by atoms with Crippen LogP contribution in [-0.2, 0) is 9.59 Å². The number of pyridine rings is 1. The predicted octanol–water partition coefficient (Wildman–Crippen LogP) is 5.43. The molecule has 1 aromatic heterocycles. The number of anilines is 1. The number of carbonyl (C=O) groups is 2. The van der Waals surface area contributed by atoms with E-state index in [0.29, 0.717) is 29.8 Å². The summed E-state index contributed by atoms with van der Waals surface area (Å²) >= 11 is 0. The number of aromatic nitrogens is 1. The van der Waals surface area contributed by atoms with Crippen LogP contribution in [0, 0.1) is 11.7 Å². The van der Waals surface area contributed by atoms with Gasteiger partial charge in [-0.25, -0.2) is 4.39 Å². The summed E-state index contributed by atoms with van der Waals surface area (Å²) in [6.07, 6.45) is 4.37. The van der Waals surface area contributed by atoms with E-state index >= 15 is 0 Å². The van der Waals surface area contributed by atoms with Crippen molar-refractivity contribution >= 4 is 23.1 Å². The molecule has 2 aliphatic rings. The summed E-state index contributed by atoms with van der Waals surface area (Å²) in [4.78, 5) is 35.9. The number of allylic oxidation sites excluding steroid dienone is 2. The van der Waals surface area contributed by atoms with Crippen molar-refractivity contribution in [2.24, 2.45) is 10.9 Å². The molecule has 1 aliphatic carbocycles. The molecule has 1 N–H and O–H groups in total. The summed E-state index contributed by atoms with van der Waals surface area (Å²) in [5.41, 5.74) is 4.49. The molecule has 2 aromatic carbocycles. The van der Waals surface area contributed by atoms with Gasteiger partial charge < -0.3 is 5.32 Å². The lowest BCUT2D eigenvalue weighted by atomic mass is 9.69. The largest absolute Gasteiger partial charge is 0.325 e. The van der Waals surface area contributed by atoms with Crippen LogP contribution in [0.3, 0.4) is 0 Å². The zero-order chi connectivity index (χ0) is 23.7. The molecule has 6 heteroatoms. The summed E-state index contributed by atoms with van der Waals surface area (Å²) in [6.45, 7) is 1.84. The number of benzene rings is 2. The second-order valence-corrected chi connectivity index (χ2v) is 8.78. The Morgan fingerprint density at radius 2 is 1.65 bits per heavy atom. The molecule has 0 saturated carbocycles. The Labute approximate surface area is 197 Å². The van der Waals surface area contributed by atoms with E-state index in [1.165, 1.54) is 24.3 Å². The van der Waals surface area contributed by atoms with Crippen LogP contribution in [0.15, 0.2) is 95.4 Å². The van der Waals surface area contributed by atoms with Crippen LogP contribution in [0.1, 0.15) is 42.7 Å². The maximum atomic E-state index is 13.6. The summed E-state index contributed by atoms with van der Waals surface area (Å²) in [5.74, 6) is -1.69. The highest BCUT2D eigenvalue weighted by molar-refractivity contribution is 6.13. The van der Waals surface area contributed by atoms with Gasteiger partial charge >= 0.3 is 0 Å². The van der Waals surface area contributed by atoms with Crippen molar-refractivity contribution in [1.29, 1.82) is 0 Å². The third-order valence-electron chi connectivity index (χ3n) is 6.62. The molecule has 0 spiro atoms. The monoisotopic (exact) mass is 453 g/mol. The number of nitrogens with zero attached hydrogens (tertiary/aromatic N) is 2. The first-order valence-corrected chi connectivity index (χ1v) is 11.3. The van der Waals surface area contributed by atoms with E-state index in [-0.39, 0.29) is 23.4 Å². The molecule has 0 bridgehead atoms. The second kappa shape index (κ2) is 9.14. The fourth-order valence-corrected chi connectivity index (χ4v) is 5.04. The number of nitrogens with one attached hydrogen (secondary N) is 1. The molecule has 5 rings (SSSR count). The minimum absolute atomic E-state index is 0.0211. The predicted molar refractivity (Wildman–Crippen MR) is 129 cm³/mol. The molecule has 0 radical (unpaired) electrons. The molecule has 5 nitrogen and oxygen atoms in total. The SMILES string of the molecule is CC1=NC2=C(C(=O)C[C@H](c3ccccc3)C2)[C@H](c2ccncc2)C1C(=O)Nc1ccc(F)cc1. The highest BCUT2D eigenvalue weighted by Gasteiger charge is 2.44. The quantitative estimate of drug-likeness (QED) is 0.572. The fourth-order valence-electron chi connectivity index (χ4n) is 5.04. The third kappa shape index (κ3) is 4.19. The molecule has 0 saturated heterocycles. The highest BCUT2D eigenvalue weighted by Crippen LogP contribution is 2.46. The fraction of sp³-hybridized carbons (Fsp3) is 0.214. The van der Waals surface area contributed by atoms with Crippen molar-refractivity contribution in [2.45, 2.75) is 31.6 Å². The van der Waals surface area contributed by atoms with Gasteiger partial charge in [0, 0.05) is 47.4 Å². The molecule has 1 unspecified atom stereocenters. The van der Waals surface area contributed by atoms with Crippen LogP contribution in [0.25, 0.3) is 0 Å². The van der Waals surface area contributed by atoms with E-state index in [1.54, 1.807) is 12.4 Å². The highest BCUT2D eigenvalue weighted by atomic mass is 19.1. The van der Waals surface area contributed by atoms with Gasteiger partial charge in [-0.05, 0) is 66.8 Å². The van der Waals surface area contributed by atoms with Gasteiger partial charge in [0.2, 0.25) is 5.91 Å². The molecule has 1 aliphatic heterocycles. The van der Waals surface area contributed by atoms with Crippen molar-refractivity contribution in [3.8, 4) is 0 Å². The Bertz CT molecular complexity index is 1280. The number of hydrogen-bond acceptors (Lipinski definition) is 4. The zero-order valence-corrected chi connectivity index (χ0v) is 18.7. The first-order valence-electron chi connectivity index (χ1n) is 11.3. The summed E-state index contributed by atoms with van der Waals surface area (Å²) in [7, 11) is 0. The van der Waals surface area contributed by atoms with Crippen LogP contribution in [0.4, 0.5) is 10.1 Å². The van der Waals surface area contributed by atoms with Gasteiger partial charge in [0.05, 0.1) is 5.92 Å². The molecule has 3 aromatic rings. The number of ketones is 1. The molecule has 3 atom stereocenters. The number of hydrogen-bond donors (Lipinski definition) is 1. The molecule has 34 heavy (non-hydrogen) atoms. The van der Waals surface area contributed by atoms with Crippen LogP contribution < -0.4 is 5.32 Å². The lowest BCUT2D eigenvalue weighted by molar-refractivity contribution is -0.119. The van der Waals surface area contributed by atoms with E-state index < -0.39 is 11.8 Å². The number of rotatable bonds is 4. The Hall–Kier alpha value is -3.93. The average Bonchev–Trinajstić information content (AvgIpc) is 2.85. The van der Waals surface area contributed by atoms with Gasteiger partial charge in [0.25, 0.3) is 0 Å². The van der Waals surface area contributed by atoms with Crippen molar-refractivity contribution in [3.63, 3.8) is 0 Å². The summed E-state index contributed by atoms with van der Waals surface area (Å²) < 4.78 is 13.3. The molecule has 2 heterocycles. The van der Waals surface area contributed by atoms with E-state index in [1.807, 2.05) is 49.4 Å². The Balaban J connectivity index is 1.54. The van der Waals surface area contributed by atoms with E-state index in [4.69, 9.17) is 4.99 Å². The topological polar surface area (TPSA) is 71.4 Å². The van der Waals surface area contributed by atoms with Crippen LogP contribution >= 0.6 is 0 Å². The molecule has 0 fully saturated rings. The summed E-state index contributed by atoms with van der Waals surface area (Å²) in [6, 6.07) is 19.3. The maximum absolute atomic E-state index is 13.6. The minimum atomic E-state index is -0.663. The van der Waals surface area contributed by atoms with Gasteiger partial charge in [-0.3, -0.25) is 19.6 Å². The van der Waals surface area contributed by atoms with Crippen molar-refractivity contribution < 1.29 is 14.0 Å². The lowest BCUT2D eigenvalue weighted by Crippen LogP contribution is -2.39. The first-order chi connectivity index (χ1) is 16.5. The van der Waals surface area contributed by atoms with Gasteiger partial charge in [0.15, 0.2) is 5.78 Å². The Kier molecular flexibility index (Phi) is 5.88. The number of amides is 1. The lowest BCUT2D eigenvalue weighted by Gasteiger charge is -2.37. The number of aliphatic imine (C=N–C) groups is 1. The number of carbonyl (C=O) groups excluding carboxylic acids is 2. The van der Waals surface area contributed by atoms with Crippen molar-refractivity contribution in [1.82, 2.24) is 4.98 Å². The van der Waals surface area contributed by atoms with Crippen LogP contribution in [0.2, 0.25) is 0 Å². The van der Waals surface area contributed by atoms with Crippen molar-refractivity contribution in [2.75, 3.05) is 5.32 Å². The Morgan fingerprint density at radius 3 is 2.35 bits per heavy atom. The van der Waals surface area contributed by atoms with Gasteiger partial charge in [-0.2, -0.15) is 0 Å². The van der Waals surface area contributed by atoms with E-state index in [0.717, 1.165) is 16.8 Å². The zero-order valence-electron chi connectivity index (χ0n) is 18.7. The normalized spacial score (nSPS) is 22.1. The second-order valence-electron chi connectivity index (χ2n) is 8.78. The Morgan fingerprint density at radius 1 is 0.941 bits per heavy atom. The average molecular weight is 454 g/mol. The summed E-state index contributed by atoms with van der Waals surface area (Å²) in [5, 5.41) is 2.88. The van der Waals surface area contributed by atoms with Crippen LogP contribution in [-0.4, -0.2) is 22.4 Å². The molecular weight excluding hydrogens is 429 g/mol.